The van der Waals surface area contributed by atoms with Gasteiger partial charge in [-0.3, -0.25) is 4.79 Å². The number of esters is 1. The lowest BCUT2D eigenvalue weighted by Gasteiger charge is -2.15. The molecule has 0 spiro atoms. The summed E-state index contributed by atoms with van der Waals surface area (Å²) in [6.07, 6.45) is 0. The molecule has 0 atom stereocenters. The first-order chi connectivity index (χ1) is 8.97. The smallest absolute Gasteiger partial charge is 0.379 e. The van der Waals surface area contributed by atoms with E-state index in [1.807, 2.05) is 0 Å². The van der Waals surface area contributed by atoms with Gasteiger partial charge in [0.25, 0.3) is 5.78 Å². The topological polar surface area (TPSA) is 61.8 Å². The number of ether oxygens (including phenoxy) is 3. The van der Waals surface area contributed by atoms with Crippen molar-refractivity contribution in [2.75, 3.05) is 20.8 Å². The zero-order valence-corrected chi connectivity index (χ0v) is 12.8. The molecule has 0 aliphatic heterocycles. The normalized spacial score (nSPS) is 9.95. The van der Waals surface area contributed by atoms with Crippen LogP contribution in [-0.4, -0.2) is 32.6 Å². The molecule has 0 N–H and O–H groups in total. The van der Waals surface area contributed by atoms with Crippen LogP contribution in [0.3, 0.4) is 0 Å². The third kappa shape index (κ3) is 3.07. The molecule has 0 saturated heterocycles. The summed E-state index contributed by atoms with van der Waals surface area (Å²) in [5.41, 5.74) is 0.776. The molecule has 0 aromatic heterocycles. The van der Waals surface area contributed by atoms with Gasteiger partial charge in [0.05, 0.1) is 30.9 Å². The minimum absolute atomic E-state index is 0.142. The van der Waals surface area contributed by atoms with Crippen LogP contribution in [0.25, 0.3) is 0 Å². The van der Waals surface area contributed by atoms with Crippen LogP contribution in [0.4, 0.5) is 0 Å². The molecule has 0 heterocycles. The third-order valence-corrected chi connectivity index (χ3v) is 3.12. The Morgan fingerprint density at radius 1 is 1.21 bits per heavy atom. The van der Waals surface area contributed by atoms with Crippen molar-refractivity contribution in [2.45, 2.75) is 13.8 Å². The zero-order valence-electron chi connectivity index (χ0n) is 11.2. The molecule has 1 aromatic carbocycles. The summed E-state index contributed by atoms with van der Waals surface area (Å²) in [4.78, 5) is 23.5. The highest BCUT2D eigenvalue weighted by Crippen LogP contribution is 2.38. The molecule has 0 bridgehead atoms. The van der Waals surface area contributed by atoms with Crippen LogP contribution in [0, 0.1) is 6.92 Å². The van der Waals surface area contributed by atoms with Gasteiger partial charge in [-0.2, -0.15) is 0 Å². The first kappa shape index (κ1) is 15.5. The molecule has 104 valence electrons. The third-order valence-electron chi connectivity index (χ3n) is 2.53. The Hall–Kier alpha value is -1.56. The molecular formula is C13H15BrO5. The number of rotatable bonds is 5. The number of benzene rings is 1. The Balaban J connectivity index is 3.36. The molecule has 0 aliphatic rings. The average molecular weight is 331 g/mol. The Morgan fingerprint density at radius 3 is 2.26 bits per heavy atom. The van der Waals surface area contributed by atoms with Crippen molar-refractivity contribution in [3.63, 3.8) is 0 Å². The minimum atomic E-state index is -0.905. The van der Waals surface area contributed by atoms with Gasteiger partial charge in [0.2, 0.25) is 0 Å². The van der Waals surface area contributed by atoms with Gasteiger partial charge in [0, 0.05) is 5.56 Å². The summed E-state index contributed by atoms with van der Waals surface area (Å²) in [6, 6.07) is 1.49. The van der Waals surface area contributed by atoms with E-state index >= 15 is 0 Å². The van der Waals surface area contributed by atoms with Gasteiger partial charge in [-0.15, -0.1) is 0 Å². The first-order valence-electron chi connectivity index (χ1n) is 5.60. The van der Waals surface area contributed by atoms with Gasteiger partial charge in [-0.1, -0.05) is 0 Å². The number of carbonyl (C=O) groups is 2. The molecule has 0 unspecified atom stereocenters. The Labute approximate surface area is 120 Å². The van der Waals surface area contributed by atoms with Crippen LogP contribution in [0.15, 0.2) is 10.5 Å². The number of ketones is 1. The van der Waals surface area contributed by atoms with Crippen LogP contribution >= 0.6 is 15.9 Å². The number of carbonyl (C=O) groups excluding carboxylic acids is 2. The maximum Gasteiger partial charge on any atom is 0.379 e. The Kier molecular flexibility index (Phi) is 5.35. The highest BCUT2D eigenvalue weighted by molar-refractivity contribution is 9.10. The molecule has 19 heavy (non-hydrogen) atoms. The highest BCUT2D eigenvalue weighted by Gasteiger charge is 2.25. The summed E-state index contributed by atoms with van der Waals surface area (Å²) in [7, 11) is 2.94. The average Bonchev–Trinajstić information content (AvgIpc) is 2.38. The number of hydrogen-bond acceptors (Lipinski definition) is 5. The SMILES string of the molecule is CCOC(=O)C(=O)c1cc(Br)c(OC)c(C)c1OC. The molecule has 5 nitrogen and oxygen atoms in total. The van der Waals surface area contributed by atoms with Crippen molar-refractivity contribution < 1.29 is 23.8 Å². The van der Waals surface area contributed by atoms with Crippen LogP contribution in [0.1, 0.15) is 22.8 Å². The van der Waals surface area contributed by atoms with E-state index in [0.29, 0.717) is 21.5 Å². The van der Waals surface area contributed by atoms with E-state index in [4.69, 9.17) is 14.2 Å². The van der Waals surface area contributed by atoms with Gasteiger partial charge in [0.1, 0.15) is 11.5 Å². The van der Waals surface area contributed by atoms with Crippen molar-refractivity contribution in [1.82, 2.24) is 0 Å². The monoisotopic (exact) mass is 330 g/mol. The molecule has 0 fully saturated rings. The van der Waals surface area contributed by atoms with E-state index in [0.717, 1.165) is 0 Å². The van der Waals surface area contributed by atoms with Crippen molar-refractivity contribution in [3.05, 3.63) is 21.7 Å². The van der Waals surface area contributed by atoms with Crippen molar-refractivity contribution in [2.24, 2.45) is 0 Å². The molecule has 1 rings (SSSR count). The quantitative estimate of drug-likeness (QED) is 0.471. The van der Waals surface area contributed by atoms with E-state index < -0.39 is 11.8 Å². The minimum Gasteiger partial charge on any atom is -0.496 e. The predicted octanol–water partition coefficient (Wildman–Crippen LogP) is 2.52. The number of hydrogen-bond donors (Lipinski definition) is 0. The summed E-state index contributed by atoms with van der Waals surface area (Å²) >= 11 is 3.29. The molecule has 0 aliphatic carbocycles. The van der Waals surface area contributed by atoms with Gasteiger partial charge in [-0.05, 0) is 35.8 Å². The van der Waals surface area contributed by atoms with Crippen molar-refractivity contribution >= 4 is 27.7 Å². The molecule has 6 heteroatoms. The maximum absolute atomic E-state index is 12.0. The predicted molar refractivity (Wildman–Crippen MR) is 72.9 cm³/mol. The highest BCUT2D eigenvalue weighted by atomic mass is 79.9. The van der Waals surface area contributed by atoms with Crippen molar-refractivity contribution in [1.29, 1.82) is 0 Å². The summed E-state index contributed by atoms with van der Waals surface area (Å²) in [6.45, 7) is 3.52. The fraction of sp³-hybridized carbons (Fsp3) is 0.385. The van der Waals surface area contributed by atoms with E-state index in [9.17, 15) is 9.59 Å². The summed E-state index contributed by atoms with van der Waals surface area (Å²) in [5.74, 6) is -0.794. The van der Waals surface area contributed by atoms with E-state index in [1.165, 1.54) is 20.3 Å². The summed E-state index contributed by atoms with van der Waals surface area (Å²) in [5, 5.41) is 0. The van der Waals surface area contributed by atoms with Crippen LogP contribution < -0.4 is 9.47 Å². The number of methoxy groups -OCH3 is 2. The van der Waals surface area contributed by atoms with E-state index in [-0.39, 0.29) is 12.2 Å². The first-order valence-corrected chi connectivity index (χ1v) is 6.39. The van der Waals surface area contributed by atoms with Gasteiger partial charge < -0.3 is 14.2 Å². The second-order valence-corrected chi connectivity index (χ2v) is 4.50. The van der Waals surface area contributed by atoms with E-state index in [1.54, 1.807) is 13.8 Å². The maximum atomic E-state index is 12.0. The number of Topliss-reactive ketones (excluding diaryl/α,β-unsaturated/α-hetero) is 1. The second kappa shape index (κ2) is 6.56. The molecule has 0 amide bonds. The molecule has 0 saturated carbocycles. The Morgan fingerprint density at radius 2 is 1.79 bits per heavy atom. The van der Waals surface area contributed by atoms with Crippen LogP contribution in [-0.2, 0) is 9.53 Å². The van der Waals surface area contributed by atoms with Gasteiger partial charge in [-0.25, -0.2) is 4.79 Å². The zero-order chi connectivity index (χ0) is 14.6. The fourth-order valence-corrected chi connectivity index (χ4v) is 2.42. The van der Waals surface area contributed by atoms with Gasteiger partial charge in [0.15, 0.2) is 0 Å². The van der Waals surface area contributed by atoms with Gasteiger partial charge >= 0.3 is 5.97 Å². The second-order valence-electron chi connectivity index (χ2n) is 3.65. The number of halogens is 1. The van der Waals surface area contributed by atoms with Crippen molar-refractivity contribution in [3.8, 4) is 11.5 Å². The standard InChI is InChI=1S/C13H15BrO5/c1-5-19-13(16)10(15)8-6-9(14)12(18-4)7(2)11(8)17-3/h6H,5H2,1-4H3. The fourth-order valence-electron chi connectivity index (χ4n) is 1.73. The lowest BCUT2D eigenvalue weighted by molar-refractivity contribution is -0.137. The van der Waals surface area contributed by atoms with Crippen LogP contribution in [0.2, 0.25) is 0 Å². The van der Waals surface area contributed by atoms with Crippen LogP contribution in [0.5, 0.6) is 11.5 Å². The van der Waals surface area contributed by atoms with E-state index in [2.05, 4.69) is 15.9 Å². The molecular weight excluding hydrogens is 316 g/mol. The lowest BCUT2D eigenvalue weighted by atomic mass is 10.0. The largest absolute Gasteiger partial charge is 0.496 e. The molecule has 1 aromatic rings. The Bertz CT molecular complexity index is 510. The summed E-state index contributed by atoms with van der Waals surface area (Å²) < 4.78 is 15.7. The lowest BCUT2D eigenvalue weighted by Crippen LogP contribution is -2.19. The molecule has 0 radical (unpaired) electrons.